The van der Waals surface area contributed by atoms with Gasteiger partial charge >= 0.3 is 0 Å². The summed E-state index contributed by atoms with van der Waals surface area (Å²) in [6, 6.07) is 0. The first-order valence-corrected chi connectivity index (χ1v) is 6.76. The van der Waals surface area contributed by atoms with Crippen LogP contribution in [0.25, 0.3) is 0 Å². The van der Waals surface area contributed by atoms with Crippen molar-refractivity contribution >= 4 is 11.8 Å². The molecule has 2 fully saturated rings. The number of hydrogen-bond donors (Lipinski definition) is 1. The molecule has 2 N–H and O–H groups in total. The van der Waals surface area contributed by atoms with Gasteiger partial charge in [0.15, 0.2) is 0 Å². The van der Waals surface area contributed by atoms with Gasteiger partial charge in [0.1, 0.15) is 0 Å². The molecule has 0 aromatic rings. The van der Waals surface area contributed by atoms with Crippen molar-refractivity contribution in [1.29, 1.82) is 0 Å². The maximum absolute atomic E-state index is 12.4. The van der Waals surface area contributed by atoms with Gasteiger partial charge in [0, 0.05) is 32.6 Å². The summed E-state index contributed by atoms with van der Waals surface area (Å²) in [5.74, 6) is 0.102. The molecule has 2 atom stereocenters. The van der Waals surface area contributed by atoms with Crippen molar-refractivity contribution in [3.63, 3.8) is 0 Å². The lowest BCUT2D eigenvalue weighted by atomic mass is 9.90. The third kappa shape index (κ3) is 2.36. The van der Waals surface area contributed by atoms with Crippen molar-refractivity contribution in [3.05, 3.63) is 0 Å². The van der Waals surface area contributed by atoms with Gasteiger partial charge < -0.3 is 15.5 Å². The van der Waals surface area contributed by atoms with Crippen molar-refractivity contribution in [2.24, 2.45) is 17.1 Å². The van der Waals surface area contributed by atoms with Crippen molar-refractivity contribution in [1.82, 2.24) is 9.80 Å². The van der Waals surface area contributed by atoms with Gasteiger partial charge in [-0.1, -0.05) is 6.92 Å². The van der Waals surface area contributed by atoms with Crippen LogP contribution in [-0.2, 0) is 9.59 Å². The molecule has 0 aromatic heterocycles. The Bertz CT molecular complexity index is 358. The molecule has 0 aliphatic carbocycles. The molecule has 0 radical (unpaired) electrons. The van der Waals surface area contributed by atoms with Crippen LogP contribution in [0.4, 0.5) is 0 Å². The molecule has 0 bridgehead atoms. The Hall–Kier alpha value is -1.10. The lowest BCUT2D eigenvalue weighted by Gasteiger charge is -2.24. The Balaban J connectivity index is 1.96. The van der Waals surface area contributed by atoms with Crippen LogP contribution in [-0.4, -0.2) is 54.3 Å². The average molecular weight is 253 g/mol. The molecule has 2 aliphatic heterocycles. The number of amides is 2. The van der Waals surface area contributed by atoms with E-state index in [0.717, 1.165) is 19.5 Å². The van der Waals surface area contributed by atoms with Crippen LogP contribution >= 0.6 is 0 Å². The van der Waals surface area contributed by atoms with Crippen LogP contribution in [0, 0.1) is 11.3 Å². The Labute approximate surface area is 108 Å². The second-order valence-corrected chi connectivity index (χ2v) is 5.86. The standard InChI is InChI=1S/C13H23N3O2/c1-3-15-7-10(6-11(15)17)12(18)16-5-4-13(2,8-14)9-16/h10H,3-9,14H2,1-2H3. The maximum atomic E-state index is 12.4. The smallest absolute Gasteiger partial charge is 0.228 e. The molecule has 2 rings (SSSR count). The van der Waals surface area contributed by atoms with Gasteiger partial charge in [0.05, 0.1) is 5.92 Å². The van der Waals surface area contributed by atoms with Crippen LogP contribution in [0.15, 0.2) is 0 Å². The SMILES string of the molecule is CCN1CC(C(=O)N2CCC(C)(CN)C2)CC1=O. The normalized spacial score (nSPS) is 32.4. The summed E-state index contributed by atoms with van der Waals surface area (Å²) >= 11 is 0. The molecule has 2 saturated heterocycles. The highest BCUT2D eigenvalue weighted by molar-refractivity contribution is 5.89. The predicted molar refractivity (Wildman–Crippen MR) is 68.7 cm³/mol. The molecule has 5 nitrogen and oxygen atoms in total. The van der Waals surface area contributed by atoms with Gasteiger partial charge in [-0.05, 0) is 25.3 Å². The molecule has 0 aromatic carbocycles. The van der Waals surface area contributed by atoms with Crippen molar-refractivity contribution in [2.45, 2.75) is 26.7 Å². The van der Waals surface area contributed by atoms with Gasteiger partial charge in [-0.3, -0.25) is 9.59 Å². The molecule has 102 valence electrons. The van der Waals surface area contributed by atoms with Crippen molar-refractivity contribution < 1.29 is 9.59 Å². The average Bonchev–Trinajstić information content (AvgIpc) is 2.93. The second-order valence-electron chi connectivity index (χ2n) is 5.86. The summed E-state index contributed by atoms with van der Waals surface area (Å²) in [6.45, 7) is 7.49. The third-order valence-electron chi connectivity index (χ3n) is 4.31. The molecular weight excluding hydrogens is 230 g/mol. The summed E-state index contributed by atoms with van der Waals surface area (Å²) in [4.78, 5) is 27.7. The monoisotopic (exact) mass is 253 g/mol. The van der Waals surface area contributed by atoms with E-state index in [1.165, 1.54) is 0 Å². The zero-order valence-electron chi connectivity index (χ0n) is 11.3. The first-order valence-electron chi connectivity index (χ1n) is 6.76. The first kappa shape index (κ1) is 13.3. The molecule has 2 aliphatic rings. The van der Waals surface area contributed by atoms with Crippen LogP contribution in [0.5, 0.6) is 0 Å². The molecule has 5 heteroatoms. The van der Waals surface area contributed by atoms with Gasteiger partial charge in [0.25, 0.3) is 0 Å². The zero-order chi connectivity index (χ0) is 13.3. The number of carbonyl (C=O) groups excluding carboxylic acids is 2. The topological polar surface area (TPSA) is 66.6 Å². The second kappa shape index (κ2) is 4.88. The van der Waals surface area contributed by atoms with Crippen LogP contribution in [0.2, 0.25) is 0 Å². The summed E-state index contributed by atoms with van der Waals surface area (Å²) in [7, 11) is 0. The Morgan fingerprint density at radius 1 is 1.56 bits per heavy atom. The molecule has 2 heterocycles. The summed E-state index contributed by atoms with van der Waals surface area (Å²) in [5.41, 5.74) is 5.81. The first-order chi connectivity index (χ1) is 8.49. The van der Waals surface area contributed by atoms with Gasteiger partial charge in [-0.2, -0.15) is 0 Å². The minimum atomic E-state index is -0.141. The fourth-order valence-electron chi connectivity index (χ4n) is 2.88. The van der Waals surface area contributed by atoms with Gasteiger partial charge in [-0.25, -0.2) is 0 Å². The van der Waals surface area contributed by atoms with E-state index >= 15 is 0 Å². The Morgan fingerprint density at radius 3 is 2.78 bits per heavy atom. The van der Waals surface area contributed by atoms with Crippen LogP contribution in [0.1, 0.15) is 26.7 Å². The molecule has 0 saturated carbocycles. The fourth-order valence-corrected chi connectivity index (χ4v) is 2.88. The van der Waals surface area contributed by atoms with Crippen LogP contribution < -0.4 is 5.73 Å². The van der Waals surface area contributed by atoms with Crippen LogP contribution in [0.3, 0.4) is 0 Å². The minimum Gasteiger partial charge on any atom is -0.342 e. The van der Waals surface area contributed by atoms with E-state index < -0.39 is 0 Å². The molecule has 2 amide bonds. The number of nitrogens with zero attached hydrogens (tertiary/aromatic N) is 2. The van der Waals surface area contributed by atoms with Gasteiger partial charge in [0.2, 0.25) is 11.8 Å². The van der Waals surface area contributed by atoms with E-state index in [1.54, 1.807) is 4.90 Å². The number of rotatable bonds is 3. The molecule has 18 heavy (non-hydrogen) atoms. The number of hydrogen-bond acceptors (Lipinski definition) is 3. The lowest BCUT2D eigenvalue weighted by molar-refractivity contribution is -0.135. The van der Waals surface area contributed by atoms with E-state index in [4.69, 9.17) is 5.73 Å². The third-order valence-corrected chi connectivity index (χ3v) is 4.31. The summed E-state index contributed by atoms with van der Waals surface area (Å²) < 4.78 is 0. The van der Waals surface area contributed by atoms with E-state index in [0.29, 0.717) is 26.1 Å². The highest BCUT2D eigenvalue weighted by Gasteiger charge is 2.40. The van der Waals surface area contributed by atoms with E-state index in [-0.39, 0.29) is 23.1 Å². The summed E-state index contributed by atoms with van der Waals surface area (Å²) in [6.07, 6.45) is 1.34. The number of likely N-dealkylation sites (tertiary alicyclic amines) is 2. The highest BCUT2D eigenvalue weighted by atomic mass is 16.2. The molecular formula is C13H23N3O2. The Morgan fingerprint density at radius 2 is 2.28 bits per heavy atom. The number of nitrogens with two attached hydrogens (primary N) is 1. The quantitative estimate of drug-likeness (QED) is 0.773. The van der Waals surface area contributed by atoms with Gasteiger partial charge in [-0.15, -0.1) is 0 Å². The highest BCUT2D eigenvalue weighted by Crippen LogP contribution is 2.31. The summed E-state index contributed by atoms with van der Waals surface area (Å²) in [5, 5.41) is 0. The maximum Gasteiger partial charge on any atom is 0.228 e. The molecule has 0 spiro atoms. The molecule has 2 unspecified atom stereocenters. The van der Waals surface area contributed by atoms with E-state index in [9.17, 15) is 9.59 Å². The fraction of sp³-hybridized carbons (Fsp3) is 0.846. The Kier molecular flexibility index (Phi) is 3.61. The van der Waals surface area contributed by atoms with Crippen molar-refractivity contribution in [2.75, 3.05) is 32.7 Å². The van der Waals surface area contributed by atoms with E-state index in [1.807, 2.05) is 11.8 Å². The number of carbonyl (C=O) groups is 2. The van der Waals surface area contributed by atoms with E-state index in [2.05, 4.69) is 6.92 Å². The zero-order valence-corrected chi connectivity index (χ0v) is 11.3. The largest absolute Gasteiger partial charge is 0.342 e. The van der Waals surface area contributed by atoms with Crippen molar-refractivity contribution in [3.8, 4) is 0 Å². The lowest BCUT2D eigenvalue weighted by Crippen LogP contribution is -2.38. The predicted octanol–water partition coefficient (Wildman–Crippen LogP) is 0.0521. The minimum absolute atomic E-state index is 0.0583.